The van der Waals surface area contributed by atoms with Gasteiger partial charge in [-0.25, -0.2) is 12.8 Å². The Hall–Kier alpha value is -2.78. The second kappa shape index (κ2) is 6.68. The molecule has 0 aromatic heterocycles. The van der Waals surface area contributed by atoms with Crippen molar-refractivity contribution in [2.24, 2.45) is 0 Å². The van der Waals surface area contributed by atoms with Crippen LogP contribution in [0.2, 0.25) is 0 Å². The Morgan fingerprint density at radius 2 is 1.89 bits per heavy atom. The van der Waals surface area contributed by atoms with Gasteiger partial charge in [0.1, 0.15) is 11.9 Å². The maximum atomic E-state index is 14.3. The van der Waals surface area contributed by atoms with E-state index in [4.69, 9.17) is 0 Å². The Bertz CT molecular complexity index is 1090. The second-order valence-electron chi connectivity index (χ2n) is 6.75. The van der Waals surface area contributed by atoms with Crippen molar-refractivity contribution in [1.82, 2.24) is 9.62 Å². The molecule has 1 atom stereocenters. The van der Waals surface area contributed by atoms with E-state index in [2.05, 4.69) is 5.32 Å². The quantitative estimate of drug-likeness (QED) is 0.835. The SMILES string of the molecule is CN1C(=O)Cc2cc(S(=O)(=O)N3CCNC(=O)C3c3ccccc3F)ccc21. The molecular formula is C19H18FN3O4S. The van der Waals surface area contributed by atoms with E-state index in [1.54, 1.807) is 19.2 Å². The van der Waals surface area contributed by atoms with Crippen LogP contribution in [0.5, 0.6) is 0 Å². The topological polar surface area (TPSA) is 86.8 Å². The van der Waals surface area contributed by atoms with E-state index in [1.165, 1.54) is 35.2 Å². The molecule has 9 heteroatoms. The summed E-state index contributed by atoms with van der Waals surface area (Å²) in [5, 5.41) is 2.60. The van der Waals surface area contributed by atoms with Crippen molar-refractivity contribution in [3.05, 3.63) is 59.4 Å². The van der Waals surface area contributed by atoms with Gasteiger partial charge in [-0.2, -0.15) is 4.31 Å². The number of likely N-dealkylation sites (N-methyl/N-ethyl adjacent to an activating group) is 1. The highest BCUT2D eigenvalue weighted by Crippen LogP contribution is 2.34. The Labute approximate surface area is 161 Å². The molecule has 0 radical (unpaired) electrons. The van der Waals surface area contributed by atoms with Gasteiger partial charge in [-0.1, -0.05) is 18.2 Å². The molecule has 1 fully saturated rings. The minimum atomic E-state index is -4.09. The summed E-state index contributed by atoms with van der Waals surface area (Å²) in [5.41, 5.74) is 1.27. The first-order valence-corrected chi connectivity index (χ1v) is 10.2. The Balaban J connectivity index is 1.78. The molecule has 2 amide bonds. The van der Waals surface area contributed by atoms with Crippen LogP contribution in [0.1, 0.15) is 17.2 Å². The fourth-order valence-electron chi connectivity index (χ4n) is 3.64. The summed E-state index contributed by atoms with van der Waals surface area (Å²) in [6.45, 7) is 0.151. The van der Waals surface area contributed by atoms with Crippen molar-refractivity contribution in [2.75, 3.05) is 25.0 Å². The first-order valence-electron chi connectivity index (χ1n) is 8.74. The number of halogens is 1. The number of amides is 2. The number of carbonyl (C=O) groups is 2. The maximum absolute atomic E-state index is 14.3. The first-order chi connectivity index (χ1) is 13.3. The van der Waals surface area contributed by atoms with Crippen LogP contribution in [-0.4, -0.2) is 44.7 Å². The van der Waals surface area contributed by atoms with Crippen molar-refractivity contribution >= 4 is 27.5 Å². The highest BCUT2D eigenvalue weighted by molar-refractivity contribution is 7.89. The lowest BCUT2D eigenvalue weighted by Crippen LogP contribution is -2.52. The highest BCUT2D eigenvalue weighted by atomic mass is 32.2. The number of sulfonamides is 1. The Morgan fingerprint density at radius 3 is 2.64 bits per heavy atom. The van der Waals surface area contributed by atoms with Crippen molar-refractivity contribution in [3.63, 3.8) is 0 Å². The molecule has 0 bridgehead atoms. The van der Waals surface area contributed by atoms with Gasteiger partial charge in [0.25, 0.3) is 0 Å². The summed E-state index contributed by atoms with van der Waals surface area (Å²) in [6.07, 6.45) is 0.117. The van der Waals surface area contributed by atoms with E-state index in [0.717, 1.165) is 4.31 Å². The van der Waals surface area contributed by atoms with Crippen LogP contribution in [0.3, 0.4) is 0 Å². The molecular weight excluding hydrogens is 385 g/mol. The average molecular weight is 403 g/mol. The summed E-state index contributed by atoms with van der Waals surface area (Å²) in [7, 11) is -2.46. The van der Waals surface area contributed by atoms with Crippen LogP contribution in [0, 0.1) is 5.82 Å². The molecule has 146 valence electrons. The van der Waals surface area contributed by atoms with E-state index < -0.39 is 27.8 Å². The summed E-state index contributed by atoms with van der Waals surface area (Å²) in [5.74, 6) is -1.34. The minimum Gasteiger partial charge on any atom is -0.353 e. The molecule has 2 aromatic rings. The highest BCUT2D eigenvalue weighted by Gasteiger charge is 2.41. The van der Waals surface area contributed by atoms with Gasteiger partial charge in [0, 0.05) is 31.4 Å². The third kappa shape index (κ3) is 2.87. The average Bonchev–Trinajstić information content (AvgIpc) is 2.96. The zero-order valence-corrected chi connectivity index (χ0v) is 15.9. The third-order valence-corrected chi connectivity index (χ3v) is 6.96. The van der Waals surface area contributed by atoms with Crippen LogP contribution in [0.4, 0.5) is 10.1 Å². The molecule has 2 aromatic carbocycles. The molecule has 2 heterocycles. The fraction of sp³-hybridized carbons (Fsp3) is 0.263. The fourth-order valence-corrected chi connectivity index (χ4v) is 5.26. The van der Waals surface area contributed by atoms with Gasteiger partial charge in [-0.3, -0.25) is 9.59 Å². The van der Waals surface area contributed by atoms with Crippen LogP contribution < -0.4 is 10.2 Å². The molecule has 1 N–H and O–H groups in total. The Morgan fingerprint density at radius 1 is 1.14 bits per heavy atom. The van der Waals surface area contributed by atoms with Crippen LogP contribution in [0.25, 0.3) is 0 Å². The van der Waals surface area contributed by atoms with Gasteiger partial charge in [-0.15, -0.1) is 0 Å². The number of fused-ring (bicyclic) bond motifs is 1. The monoisotopic (exact) mass is 403 g/mol. The molecule has 2 aliphatic heterocycles. The molecule has 0 spiro atoms. The van der Waals surface area contributed by atoms with Crippen LogP contribution in [-0.2, 0) is 26.0 Å². The van der Waals surface area contributed by atoms with Crippen molar-refractivity contribution in [2.45, 2.75) is 17.4 Å². The smallest absolute Gasteiger partial charge is 0.244 e. The minimum absolute atomic E-state index is 0.000605. The maximum Gasteiger partial charge on any atom is 0.244 e. The number of anilines is 1. The van der Waals surface area contributed by atoms with Crippen LogP contribution >= 0.6 is 0 Å². The lowest BCUT2D eigenvalue weighted by atomic mass is 10.0. The molecule has 1 unspecified atom stereocenters. The van der Waals surface area contributed by atoms with Crippen LogP contribution in [0.15, 0.2) is 47.4 Å². The van der Waals surface area contributed by atoms with Gasteiger partial charge in [0.2, 0.25) is 21.8 Å². The molecule has 28 heavy (non-hydrogen) atoms. The lowest BCUT2D eigenvalue weighted by molar-refractivity contribution is -0.127. The number of nitrogens with zero attached hydrogens (tertiary/aromatic N) is 2. The van der Waals surface area contributed by atoms with Gasteiger partial charge in [-0.05, 0) is 29.8 Å². The molecule has 7 nitrogen and oxygen atoms in total. The molecule has 0 saturated carbocycles. The third-order valence-electron chi connectivity index (χ3n) is 5.10. The predicted molar refractivity (Wildman–Crippen MR) is 99.6 cm³/mol. The number of carbonyl (C=O) groups excluding carboxylic acids is 2. The summed E-state index contributed by atoms with van der Waals surface area (Å²) < 4.78 is 42.0. The normalized spacial score (nSPS) is 20.2. The van der Waals surface area contributed by atoms with Gasteiger partial charge in [0.05, 0.1) is 11.3 Å². The van der Waals surface area contributed by atoms with Gasteiger partial charge in [0.15, 0.2) is 0 Å². The van der Waals surface area contributed by atoms with E-state index in [1.807, 2.05) is 0 Å². The summed E-state index contributed by atoms with van der Waals surface area (Å²) in [4.78, 5) is 25.8. The van der Waals surface area contributed by atoms with Crippen molar-refractivity contribution in [3.8, 4) is 0 Å². The van der Waals surface area contributed by atoms with Gasteiger partial charge < -0.3 is 10.2 Å². The zero-order chi connectivity index (χ0) is 20.1. The van der Waals surface area contributed by atoms with E-state index in [0.29, 0.717) is 11.3 Å². The summed E-state index contributed by atoms with van der Waals surface area (Å²) in [6, 6.07) is 8.79. The first kappa shape index (κ1) is 18.6. The Kier molecular flexibility index (Phi) is 4.43. The standard InChI is InChI=1S/C19H18FN3O4S/c1-22-16-7-6-13(10-12(16)11-17(22)24)28(26,27)23-9-8-21-19(25)18(23)14-4-2-3-5-15(14)20/h2-7,10,18H,8-9,11H2,1H3,(H,21,25). The summed E-state index contributed by atoms with van der Waals surface area (Å²) >= 11 is 0. The second-order valence-corrected chi connectivity index (χ2v) is 8.64. The van der Waals surface area contributed by atoms with Crippen molar-refractivity contribution in [1.29, 1.82) is 0 Å². The van der Waals surface area contributed by atoms with E-state index in [-0.39, 0.29) is 35.9 Å². The number of rotatable bonds is 3. The van der Waals surface area contributed by atoms with Gasteiger partial charge >= 0.3 is 0 Å². The van der Waals surface area contributed by atoms with Crippen molar-refractivity contribution < 1.29 is 22.4 Å². The number of nitrogens with one attached hydrogen (secondary N) is 1. The number of benzene rings is 2. The molecule has 4 rings (SSSR count). The number of piperazine rings is 1. The lowest BCUT2D eigenvalue weighted by Gasteiger charge is -2.34. The zero-order valence-electron chi connectivity index (χ0n) is 15.1. The number of hydrogen-bond acceptors (Lipinski definition) is 4. The largest absolute Gasteiger partial charge is 0.353 e. The van der Waals surface area contributed by atoms with E-state index >= 15 is 0 Å². The molecule has 0 aliphatic carbocycles. The molecule has 1 saturated heterocycles. The predicted octanol–water partition coefficient (Wildman–Crippen LogP) is 1.21. The molecule has 2 aliphatic rings. The number of hydrogen-bond donors (Lipinski definition) is 1. The van der Waals surface area contributed by atoms with E-state index in [9.17, 15) is 22.4 Å².